The summed E-state index contributed by atoms with van der Waals surface area (Å²) in [6.07, 6.45) is 6.49. The van der Waals surface area contributed by atoms with Crippen LogP contribution in [0.5, 0.6) is 0 Å². The van der Waals surface area contributed by atoms with E-state index in [1.807, 2.05) is 18.2 Å². The van der Waals surface area contributed by atoms with Crippen molar-refractivity contribution in [3.63, 3.8) is 0 Å². The standard InChI is InChI=1S/C17H20FNO.ClH/c18-16-9-5-4-8-15(16)17-11-10-14(20-17)12-19-13-6-2-1-3-7-13;/h4-5,8-11,13,19H,1-3,6-7,12H2;1H. The predicted molar refractivity (Wildman–Crippen MR) is 85.1 cm³/mol. The van der Waals surface area contributed by atoms with Crippen LogP contribution in [0, 0.1) is 5.82 Å². The predicted octanol–water partition coefficient (Wildman–Crippen LogP) is 4.93. The highest BCUT2D eigenvalue weighted by Gasteiger charge is 2.14. The Morgan fingerprint density at radius 3 is 2.57 bits per heavy atom. The van der Waals surface area contributed by atoms with E-state index in [-0.39, 0.29) is 18.2 Å². The quantitative estimate of drug-likeness (QED) is 0.866. The van der Waals surface area contributed by atoms with Gasteiger partial charge in [0.2, 0.25) is 0 Å². The van der Waals surface area contributed by atoms with E-state index in [9.17, 15) is 4.39 Å². The minimum atomic E-state index is -0.242. The number of hydrogen-bond acceptors (Lipinski definition) is 2. The average Bonchev–Trinajstić information content (AvgIpc) is 2.95. The molecule has 1 aromatic heterocycles. The van der Waals surface area contributed by atoms with Crippen LogP contribution in [0.4, 0.5) is 4.39 Å². The van der Waals surface area contributed by atoms with Gasteiger partial charge in [-0.25, -0.2) is 4.39 Å². The van der Waals surface area contributed by atoms with Crippen molar-refractivity contribution in [2.45, 2.75) is 44.7 Å². The van der Waals surface area contributed by atoms with Gasteiger partial charge in [0.05, 0.1) is 12.1 Å². The van der Waals surface area contributed by atoms with Gasteiger partial charge in [0.15, 0.2) is 0 Å². The van der Waals surface area contributed by atoms with Crippen LogP contribution in [0.2, 0.25) is 0 Å². The van der Waals surface area contributed by atoms with E-state index in [1.165, 1.54) is 38.2 Å². The molecule has 0 aliphatic heterocycles. The zero-order chi connectivity index (χ0) is 13.8. The Bertz CT molecular complexity index is 563. The molecule has 1 aromatic carbocycles. The molecular formula is C17H21ClFNO. The van der Waals surface area contributed by atoms with Crippen LogP contribution in [0.15, 0.2) is 40.8 Å². The molecule has 1 aliphatic rings. The van der Waals surface area contributed by atoms with Gasteiger partial charge in [0.1, 0.15) is 17.3 Å². The fraction of sp³-hybridized carbons (Fsp3) is 0.412. The van der Waals surface area contributed by atoms with Gasteiger partial charge in [0.25, 0.3) is 0 Å². The number of hydrogen-bond donors (Lipinski definition) is 1. The van der Waals surface area contributed by atoms with Crippen molar-refractivity contribution in [1.82, 2.24) is 5.32 Å². The van der Waals surface area contributed by atoms with E-state index >= 15 is 0 Å². The summed E-state index contributed by atoms with van der Waals surface area (Å²) in [5.41, 5.74) is 0.524. The number of furan rings is 1. The lowest BCUT2D eigenvalue weighted by atomic mass is 9.95. The molecule has 1 fully saturated rings. The summed E-state index contributed by atoms with van der Waals surface area (Å²) >= 11 is 0. The highest BCUT2D eigenvalue weighted by Crippen LogP contribution is 2.25. The van der Waals surface area contributed by atoms with Crippen LogP contribution >= 0.6 is 12.4 Å². The van der Waals surface area contributed by atoms with E-state index in [4.69, 9.17) is 4.42 Å². The van der Waals surface area contributed by atoms with Gasteiger partial charge in [-0.2, -0.15) is 0 Å². The summed E-state index contributed by atoms with van der Waals surface area (Å²) < 4.78 is 19.4. The maximum absolute atomic E-state index is 13.7. The highest BCUT2D eigenvalue weighted by molar-refractivity contribution is 5.85. The van der Waals surface area contributed by atoms with Crippen LogP contribution in [-0.4, -0.2) is 6.04 Å². The molecule has 0 spiro atoms. The maximum atomic E-state index is 13.7. The second-order valence-electron chi connectivity index (χ2n) is 5.46. The fourth-order valence-electron chi connectivity index (χ4n) is 2.83. The highest BCUT2D eigenvalue weighted by atomic mass is 35.5. The molecule has 0 bridgehead atoms. The van der Waals surface area contributed by atoms with Crippen molar-refractivity contribution in [3.05, 3.63) is 48.0 Å². The molecule has 2 nitrogen and oxygen atoms in total. The zero-order valence-electron chi connectivity index (χ0n) is 12.0. The van der Waals surface area contributed by atoms with Crippen molar-refractivity contribution in [2.75, 3.05) is 0 Å². The van der Waals surface area contributed by atoms with E-state index in [1.54, 1.807) is 12.1 Å². The molecular weight excluding hydrogens is 289 g/mol. The van der Waals surface area contributed by atoms with E-state index in [0.29, 0.717) is 17.4 Å². The van der Waals surface area contributed by atoms with Crippen molar-refractivity contribution >= 4 is 12.4 Å². The van der Waals surface area contributed by atoms with Crippen LogP contribution in [0.1, 0.15) is 37.9 Å². The van der Waals surface area contributed by atoms with E-state index in [0.717, 1.165) is 12.3 Å². The molecule has 0 saturated heterocycles. The maximum Gasteiger partial charge on any atom is 0.137 e. The molecule has 1 heterocycles. The SMILES string of the molecule is Cl.Fc1ccccc1-c1ccc(CNC2CCCCC2)o1. The summed E-state index contributed by atoms with van der Waals surface area (Å²) in [5.74, 6) is 1.23. The summed E-state index contributed by atoms with van der Waals surface area (Å²) in [5, 5.41) is 3.53. The molecule has 3 rings (SSSR count). The summed E-state index contributed by atoms with van der Waals surface area (Å²) in [6.45, 7) is 0.721. The molecule has 0 unspecified atom stereocenters. The van der Waals surface area contributed by atoms with Crippen molar-refractivity contribution in [1.29, 1.82) is 0 Å². The van der Waals surface area contributed by atoms with Gasteiger partial charge >= 0.3 is 0 Å². The molecule has 1 aliphatic carbocycles. The topological polar surface area (TPSA) is 25.2 Å². The Balaban J connectivity index is 0.00000161. The molecule has 1 N–H and O–H groups in total. The minimum absolute atomic E-state index is 0. The summed E-state index contributed by atoms with van der Waals surface area (Å²) in [7, 11) is 0. The first-order chi connectivity index (χ1) is 9.83. The van der Waals surface area contributed by atoms with E-state index < -0.39 is 0 Å². The third-order valence-corrected chi connectivity index (χ3v) is 3.97. The molecule has 1 saturated carbocycles. The number of rotatable bonds is 4. The number of halogens is 2. The second-order valence-corrected chi connectivity index (χ2v) is 5.46. The van der Waals surface area contributed by atoms with Crippen molar-refractivity contribution in [2.24, 2.45) is 0 Å². The monoisotopic (exact) mass is 309 g/mol. The Morgan fingerprint density at radius 1 is 1.05 bits per heavy atom. The van der Waals surface area contributed by atoms with Crippen LogP contribution in [0.3, 0.4) is 0 Å². The third-order valence-electron chi connectivity index (χ3n) is 3.97. The van der Waals surface area contributed by atoms with Crippen LogP contribution in [-0.2, 0) is 6.54 Å². The molecule has 21 heavy (non-hydrogen) atoms. The summed E-state index contributed by atoms with van der Waals surface area (Å²) in [6, 6.07) is 11.1. The fourth-order valence-corrected chi connectivity index (χ4v) is 2.83. The smallest absolute Gasteiger partial charge is 0.137 e. The first kappa shape index (κ1) is 16.1. The second kappa shape index (κ2) is 7.62. The van der Waals surface area contributed by atoms with Gasteiger partial charge in [-0.15, -0.1) is 12.4 Å². The van der Waals surface area contributed by atoms with Gasteiger partial charge in [-0.05, 0) is 37.1 Å². The molecule has 0 atom stereocenters. The lowest BCUT2D eigenvalue weighted by Crippen LogP contribution is -2.30. The van der Waals surface area contributed by atoms with Crippen molar-refractivity contribution in [3.8, 4) is 11.3 Å². The minimum Gasteiger partial charge on any atom is -0.460 e. The first-order valence-corrected chi connectivity index (χ1v) is 7.40. The molecule has 0 amide bonds. The van der Waals surface area contributed by atoms with Gasteiger partial charge in [-0.1, -0.05) is 31.4 Å². The van der Waals surface area contributed by atoms with Gasteiger partial charge in [-0.3, -0.25) is 0 Å². The van der Waals surface area contributed by atoms with Crippen LogP contribution in [0.25, 0.3) is 11.3 Å². The lowest BCUT2D eigenvalue weighted by molar-refractivity contribution is 0.357. The Kier molecular flexibility index (Phi) is 5.83. The lowest BCUT2D eigenvalue weighted by Gasteiger charge is -2.22. The number of nitrogens with one attached hydrogen (secondary N) is 1. The zero-order valence-corrected chi connectivity index (χ0v) is 12.8. The molecule has 114 valence electrons. The molecule has 2 aromatic rings. The normalized spacial score (nSPS) is 15.7. The summed E-state index contributed by atoms with van der Waals surface area (Å²) in [4.78, 5) is 0. The van der Waals surface area contributed by atoms with Gasteiger partial charge < -0.3 is 9.73 Å². The van der Waals surface area contributed by atoms with E-state index in [2.05, 4.69) is 5.32 Å². The number of benzene rings is 1. The Morgan fingerprint density at radius 2 is 1.81 bits per heavy atom. The van der Waals surface area contributed by atoms with Crippen LogP contribution < -0.4 is 5.32 Å². The third kappa shape index (κ3) is 4.08. The van der Waals surface area contributed by atoms with Gasteiger partial charge in [0, 0.05) is 6.04 Å². The molecule has 4 heteroatoms. The first-order valence-electron chi connectivity index (χ1n) is 7.40. The average molecular weight is 310 g/mol. The van der Waals surface area contributed by atoms with Crippen molar-refractivity contribution < 1.29 is 8.81 Å². The molecule has 0 radical (unpaired) electrons. The Labute approximate surface area is 131 Å². The Hall–Kier alpha value is -1.32. The largest absolute Gasteiger partial charge is 0.460 e.